The molecule has 2 atom stereocenters. The van der Waals surface area contributed by atoms with Crippen molar-refractivity contribution in [3.63, 3.8) is 0 Å². The maximum atomic E-state index is 10.1. The van der Waals surface area contributed by atoms with Crippen molar-refractivity contribution in [3.8, 4) is 0 Å². The minimum absolute atomic E-state index is 0.209. The van der Waals surface area contributed by atoms with Crippen LogP contribution >= 0.6 is 0 Å². The highest BCUT2D eigenvalue weighted by molar-refractivity contribution is 4.96. The second-order valence-corrected chi connectivity index (χ2v) is 7.62. The van der Waals surface area contributed by atoms with E-state index in [4.69, 9.17) is 0 Å². The Morgan fingerprint density at radius 3 is 2.10 bits per heavy atom. The molecule has 3 aliphatic carbocycles. The molecule has 3 saturated carbocycles. The average molecular weight is 281 g/mol. The minimum atomic E-state index is -0.209. The Labute approximate surface area is 125 Å². The zero-order valence-corrected chi connectivity index (χ0v) is 13.7. The van der Waals surface area contributed by atoms with Crippen LogP contribution in [0, 0.1) is 17.8 Å². The van der Waals surface area contributed by atoms with Crippen molar-refractivity contribution in [2.45, 2.75) is 82.7 Å². The van der Waals surface area contributed by atoms with Crippen LogP contribution in [0.15, 0.2) is 0 Å². The molecule has 3 fully saturated rings. The fourth-order valence-corrected chi connectivity index (χ4v) is 4.44. The lowest BCUT2D eigenvalue weighted by Gasteiger charge is -2.37. The van der Waals surface area contributed by atoms with Crippen LogP contribution in [0.3, 0.4) is 0 Å². The first kappa shape index (κ1) is 16.3. The minimum Gasteiger partial charge on any atom is -0.390 e. The van der Waals surface area contributed by atoms with Crippen molar-refractivity contribution >= 4 is 0 Å². The average Bonchev–Trinajstić information content (AvgIpc) is 3.18. The van der Waals surface area contributed by atoms with Gasteiger partial charge in [0.25, 0.3) is 0 Å². The van der Waals surface area contributed by atoms with Gasteiger partial charge >= 0.3 is 0 Å². The summed E-state index contributed by atoms with van der Waals surface area (Å²) in [5.74, 6) is 2.90. The van der Waals surface area contributed by atoms with Gasteiger partial charge in [0.2, 0.25) is 0 Å². The number of aliphatic hydroxyl groups is 1. The third-order valence-electron chi connectivity index (χ3n) is 5.64. The van der Waals surface area contributed by atoms with E-state index in [1.165, 1.54) is 57.8 Å². The first-order valence-corrected chi connectivity index (χ1v) is 8.98. The Morgan fingerprint density at radius 1 is 0.900 bits per heavy atom. The fourth-order valence-electron chi connectivity index (χ4n) is 4.44. The Hall–Kier alpha value is -0.0800. The van der Waals surface area contributed by atoms with Crippen molar-refractivity contribution in [2.75, 3.05) is 14.1 Å². The van der Waals surface area contributed by atoms with Crippen LogP contribution in [0.5, 0.6) is 0 Å². The van der Waals surface area contributed by atoms with E-state index >= 15 is 0 Å². The molecule has 3 aliphatic rings. The Bertz CT molecular complexity index is 269. The second-order valence-electron chi connectivity index (χ2n) is 7.62. The van der Waals surface area contributed by atoms with Gasteiger partial charge in [0.05, 0.1) is 5.60 Å². The highest BCUT2D eigenvalue weighted by atomic mass is 16.3. The van der Waals surface area contributed by atoms with E-state index in [1.807, 2.05) is 14.1 Å². The zero-order valence-electron chi connectivity index (χ0n) is 13.7. The molecule has 0 aromatic heterocycles. The molecule has 3 rings (SSSR count). The molecule has 0 amide bonds. The molecule has 118 valence electrons. The predicted molar refractivity (Wildman–Crippen MR) is 85.8 cm³/mol. The van der Waals surface area contributed by atoms with Crippen molar-refractivity contribution in [1.29, 1.82) is 0 Å². The summed E-state index contributed by atoms with van der Waals surface area (Å²) in [6.45, 7) is 0. The summed E-state index contributed by atoms with van der Waals surface area (Å²) < 4.78 is 0. The first-order valence-electron chi connectivity index (χ1n) is 8.98. The van der Waals surface area contributed by atoms with E-state index in [1.54, 1.807) is 0 Å². The predicted octanol–water partition coefficient (Wildman–Crippen LogP) is 4.12. The zero-order chi connectivity index (χ0) is 14.4. The fraction of sp³-hybridized carbons (Fsp3) is 1.00. The van der Waals surface area contributed by atoms with Gasteiger partial charge in [-0.15, -0.1) is 0 Å². The number of rotatable bonds is 3. The van der Waals surface area contributed by atoms with Gasteiger partial charge < -0.3 is 10.4 Å². The Kier molecular flexibility index (Phi) is 6.35. The van der Waals surface area contributed by atoms with Gasteiger partial charge in [-0.1, -0.05) is 51.4 Å². The van der Waals surface area contributed by atoms with Gasteiger partial charge in [-0.25, -0.2) is 0 Å². The molecular formula is C18H35NO. The van der Waals surface area contributed by atoms with Crippen LogP contribution in [0.25, 0.3) is 0 Å². The molecule has 0 aromatic rings. The topological polar surface area (TPSA) is 32.3 Å². The third-order valence-corrected chi connectivity index (χ3v) is 5.64. The molecule has 0 bridgehead atoms. The SMILES string of the molecule is CNC.OC1(CC2CCCC(C3CCCCC3)C2)CC1. The molecule has 2 N–H and O–H groups in total. The quantitative estimate of drug-likeness (QED) is 0.815. The van der Waals surface area contributed by atoms with E-state index in [0.29, 0.717) is 0 Å². The van der Waals surface area contributed by atoms with E-state index in [2.05, 4.69) is 5.32 Å². The van der Waals surface area contributed by atoms with Crippen molar-refractivity contribution in [1.82, 2.24) is 5.32 Å². The lowest BCUT2D eigenvalue weighted by molar-refractivity contribution is 0.0831. The summed E-state index contributed by atoms with van der Waals surface area (Å²) in [6.07, 6.45) is 16.5. The third kappa shape index (κ3) is 5.04. The Balaban J connectivity index is 0.000000452. The Morgan fingerprint density at radius 2 is 1.50 bits per heavy atom. The summed E-state index contributed by atoms with van der Waals surface area (Å²) >= 11 is 0. The molecule has 0 spiro atoms. The van der Waals surface area contributed by atoms with Gasteiger partial charge in [0.1, 0.15) is 0 Å². The monoisotopic (exact) mass is 281 g/mol. The van der Waals surface area contributed by atoms with E-state index in [-0.39, 0.29) is 5.60 Å². The summed E-state index contributed by atoms with van der Waals surface area (Å²) in [6, 6.07) is 0. The largest absolute Gasteiger partial charge is 0.390 e. The van der Waals surface area contributed by atoms with Crippen LogP contribution in [-0.4, -0.2) is 24.8 Å². The molecule has 0 saturated heterocycles. The van der Waals surface area contributed by atoms with Gasteiger partial charge in [0.15, 0.2) is 0 Å². The molecule has 2 heteroatoms. The second kappa shape index (κ2) is 7.79. The van der Waals surface area contributed by atoms with Gasteiger partial charge in [-0.3, -0.25) is 0 Å². The number of hydrogen-bond donors (Lipinski definition) is 2. The molecular weight excluding hydrogens is 246 g/mol. The van der Waals surface area contributed by atoms with Crippen LogP contribution in [0.4, 0.5) is 0 Å². The van der Waals surface area contributed by atoms with Crippen LogP contribution < -0.4 is 5.32 Å². The normalized spacial score (nSPS) is 33.1. The molecule has 0 aromatic carbocycles. The summed E-state index contributed by atoms with van der Waals surface area (Å²) in [7, 11) is 3.75. The van der Waals surface area contributed by atoms with Gasteiger partial charge in [-0.2, -0.15) is 0 Å². The maximum absolute atomic E-state index is 10.1. The van der Waals surface area contributed by atoms with Gasteiger partial charge in [0, 0.05) is 0 Å². The van der Waals surface area contributed by atoms with Crippen molar-refractivity contribution in [3.05, 3.63) is 0 Å². The molecule has 2 nitrogen and oxygen atoms in total. The summed E-state index contributed by atoms with van der Waals surface area (Å²) in [5, 5.41) is 12.8. The number of hydrogen-bond acceptors (Lipinski definition) is 2. The highest BCUT2D eigenvalue weighted by Gasteiger charge is 2.43. The maximum Gasteiger partial charge on any atom is 0.0652 e. The van der Waals surface area contributed by atoms with Crippen molar-refractivity contribution < 1.29 is 5.11 Å². The van der Waals surface area contributed by atoms with Crippen LogP contribution in [-0.2, 0) is 0 Å². The molecule has 0 aliphatic heterocycles. The lowest BCUT2D eigenvalue weighted by atomic mass is 9.69. The van der Waals surface area contributed by atoms with E-state index in [9.17, 15) is 5.11 Å². The smallest absolute Gasteiger partial charge is 0.0652 e. The summed E-state index contributed by atoms with van der Waals surface area (Å²) in [4.78, 5) is 0. The molecule has 0 heterocycles. The van der Waals surface area contributed by atoms with Gasteiger partial charge in [-0.05, 0) is 57.5 Å². The van der Waals surface area contributed by atoms with Crippen LogP contribution in [0.2, 0.25) is 0 Å². The van der Waals surface area contributed by atoms with E-state index in [0.717, 1.165) is 37.0 Å². The van der Waals surface area contributed by atoms with Crippen LogP contribution in [0.1, 0.15) is 77.0 Å². The standard InChI is InChI=1S/C16H28O.C2H7N/c17-16(9-10-16)12-13-5-4-8-15(11-13)14-6-2-1-3-7-14;1-3-2/h13-15,17H,1-12H2;3H,1-2H3. The molecule has 0 radical (unpaired) electrons. The summed E-state index contributed by atoms with van der Waals surface area (Å²) in [5.41, 5.74) is -0.209. The number of nitrogens with one attached hydrogen (secondary N) is 1. The molecule has 20 heavy (non-hydrogen) atoms. The van der Waals surface area contributed by atoms with Crippen molar-refractivity contribution in [2.24, 2.45) is 17.8 Å². The first-order chi connectivity index (χ1) is 9.67. The van der Waals surface area contributed by atoms with E-state index < -0.39 is 0 Å². The highest BCUT2D eigenvalue weighted by Crippen LogP contribution is 2.47. The molecule has 2 unspecified atom stereocenters. The lowest BCUT2D eigenvalue weighted by Crippen LogP contribution is -2.27.